The van der Waals surface area contributed by atoms with E-state index < -0.39 is 4.87 Å². The molecule has 0 aliphatic carbocycles. The molecule has 2 aliphatic rings. The molecule has 5 heteroatoms. The molecule has 2 aromatic carbocycles. The number of hydrogen-bond donors (Lipinski definition) is 2. The predicted molar refractivity (Wildman–Crippen MR) is 89.9 cm³/mol. The zero-order chi connectivity index (χ0) is 15.3. The van der Waals surface area contributed by atoms with Gasteiger partial charge >= 0.3 is 0 Å². The molecule has 2 heterocycles. The summed E-state index contributed by atoms with van der Waals surface area (Å²) in [6, 6.07) is 14.0. The molecule has 1 unspecified atom stereocenters. The molecule has 0 aromatic heterocycles. The average molecular weight is 309 g/mol. The highest BCUT2D eigenvalue weighted by Crippen LogP contribution is 2.50. The maximum absolute atomic E-state index is 12.7. The van der Waals surface area contributed by atoms with Gasteiger partial charge in [-0.1, -0.05) is 54.2 Å². The molecule has 1 spiro atoms. The van der Waals surface area contributed by atoms with Gasteiger partial charge in [0.2, 0.25) is 4.87 Å². The van der Waals surface area contributed by atoms with Crippen LogP contribution in [0.2, 0.25) is 0 Å². The fourth-order valence-corrected chi connectivity index (χ4v) is 4.20. The second kappa shape index (κ2) is 4.61. The largest absolute Gasteiger partial charge is 0.322 e. The van der Waals surface area contributed by atoms with Crippen LogP contribution >= 0.6 is 11.8 Å². The van der Waals surface area contributed by atoms with Crippen LogP contribution in [0.5, 0.6) is 0 Å². The molecule has 0 bridgehead atoms. The highest BCUT2D eigenvalue weighted by molar-refractivity contribution is 8.16. The van der Waals surface area contributed by atoms with E-state index in [2.05, 4.69) is 21.9 Å². The van der Waals surface area contributed by atoms with Gasteiger partial charge in [0.25, 0.3) is 5.91 Å². The number of nitrogens with zero attached hydrogens (tertiary/aromatic N) is 1. The minimum absolute atomic E-state index is 0.0559. The van der Waals surface area contributed by atoms with Gasteiger partial charge in [-0.15, -0.1) is 0 Å². The first kappa shape index (κ1) is 13.4. The molecule has 22 heavy (non-hydrogen) atoms. The Morgan fingerprint density at radius 2 is 1.77 bits per heavy atom. The molecule has 1 amide bonds. The van der Waals surface area contributed by atoms with Crippen molar-refractivity contribution in [3.8, 4) is 0 Å². The van der Waals surface area contributed by atoms with E-state index in [0.717, 1.165) is 33.0 Å². The number of fused-ring (bicyclic) bond motifs is 2. The number of anilines is 1. The SMILES string of the molecule is Cc1ccc(C)c2c1NC(=O)C21NN=C(c2ccccc2)S1. The predicted octanol–water partition coefficient (Wildman–Crippen LogP) is 3.11. The van der Waals surface area contributed by atoms with E-state index in [4.69, 9.17) is 0 Å². The van der Waals surface area contributed by atoms with Crippen LogP contribution in [0.4, 0.5) is 5.69 Å². The van der Waals surface area contributed by atoms with Crippen molar-refractivity contribution in [3.63, 3.8) is 0 Å². The van der Waals surface area contributed by atoms with E-state index in [1.165, 1.54) is 11.8 Å². The minimum Gasteiger partial charge on any atom is -0.322 e. The summed E-state index contributed by atoms with van der Waals surface area (Å²) < 4.78 is 0. The van der Waals surface area contributed by atoms with E-state index in [1.807, 2.05) is 50.2 Å². The summed E-state index contributed by atoms with van der Waals surface area (Å²) >= 11 is 1.47. The Morgan fingerprint density at radius 1 is 1.05 bits per heavy atom. The molecule has 1 atom stereocenters. The summed E-state index contributed by atoms with van der Waals surface area (Å²) in [6.07, 6.45) is 0. The van der Waals surface area contributed by atoms with Crippen LogP contribution in [0.1, 0.15) is 22.3 Å². The van der Waals surface area contributed by atoms with Gasteiger partial charge < -0.3 is 5.32 Å². The summed E-state index contributed by atoms with van der Waals surface area (Å²) in [6.45, 7) is 4.04. The van der Waals surface area contributed by atoms with Crippen molar-refractivity contribution in [2.45, 2.75) is 18.7 Å². The molecule has 4 nitrogen and oxygen atoms in total. The number of hydrogen-bond acceptors (Lipinski definition) is 4. The fraction of sp³-hybridized carbons (Fsp3) is 0.176. The first-order valence-electron chi connectivity index (χ1n) is 7.13. The Labute approximate surface area is 133 Å². The van der Waals surface area contributed by atoms with Crippen molar-refractivity contribution in [2.24, 2.45) is 5.10 Å². The van der Waals surface area contributed by atoms with E-state index in [0.29, 0.717) is 0 Å². The van der Waals surface area contributed by atoms with Crippen molar-refractivity contribution in [1.82, 2.24) is 5.43 Å². The normalized spacial score (nSPS) is 22.3. The Kier molecular flexibility index (Phi) is 2.81. The standard InChI is InChI=1S/C17H15N3OS/c1-10-8-9-11(2)14-13(10)17(16(21)18-14)20-19-15(22-17)12-6-4-3-5-7-12/h3-9,20H,1-2H3,(H,18,21). The summed E-state index contributed by atoms with van der Waals surface area (Å²) in [5, 5.41) is 8.28. The first-order valence-corrected chi connectivity index (χ1v) is 7.95. The number of hydrazone groups is 1. The van der Waals surface area contributed by atoms with Crippen molar-refractivity contribution in [2.75, 3.05) is 5.32 Å². The number of nitrogens with one attached hydrogen (secondary N) is 2. The van der Waals surface area contributed by atoms with Gasteiger partial charge in [-0.05, 0) is 25.0 Å². The van der Waals surface area contributed by atoms with Crippen LogP contribution < -0.4 is 10.7 Å². The number of carbonyl (C=O) groups is 1. The Morgan fingerprint density at radius 3 is 2.55 bits per heavy atom. The molecule has 2 aliphatic heterocycles. The molecule has 0 saturated heterocycles. The highest BCUT2D eigenvalue weighted by Gasteiger charge is 2.53. The van der Waals surface area contributed by atoms with E-state index in [-0.39, 0.29) is 5.91 Å². The van der Waals surface area contributed by atoms with Gasteiger partial charge in [0.1, 0.15) is 5.04 Å². The minimum atomic E-state index is -0.851. The van der Waals surface area contributed by atoms with E-state index in [9.17, 15) is 4.79 Å². The smallest absolute Gasteiger partial charge is 0.267 e. The summed E-state index contributed by atoms with van der Waals surface area (Å²) in [5.41, 5.74) is 8.18. The van der Waals surface area contributed by atoms with Crippen LogP contribution in [-0.4, -0.2) is 11.0 Å². The third-order valence-corrected chi connectivity index (χ3v) is 5.43. The van der Waals surface area contributed by atoms with Crippen molar-refractivity contribution in [3.05, 3.63) is 64.7 Å². The van der Waals surface area contributed by atoms with Crippen LogP contribution in [0.25, 0.3) is 0 Å². The van der Waals surface area contributed by atoms with Gasteiger partial charge in [-0.2, -0.15) is 5.10 Å². The zero-order valence-corrected chi connectivity index (χ0v) is 13.1. The third-order valence-electron chi connectivity index (χ3n) is 4.12. The lowest BCUT2D eigenvalue weighted by Crippen LogP contribution is -2.40. The van der Waals surface area contributed by atoms with Crippen molar-refractivity contribution in [1.29, 1.82) is 0 Å². The van der Waals surface area contributed by atoms with Gasteiger partial charge in [0, 0.05) is 11.1 Å². The van der Waals surface area contributed by atoms with Gasteiger partial charge in [-0.25, -0.2) is 0 Å². The van der Waals surface area contributed by atoms with E-state index >= 15 is 0 Å². The first-order chi connectivity index (χ1) is 10.6. The highest BCUT2D eigenvalue weighted by atomic mass is 32.2. The summed E-state index contributed by atoms with van der Waals surface area (Å²) in [4.78, 5) is 11.8. The van der Waals surface area contributed by atoms with E-state index in [1.54, 1.807) is 0 Å². The van der Waals surface area contributed by atoms with Crippen LogP contribution in [0, 0.1) is 13.8 Å². The summed E-state index contributed by atoms with van der Waals surface area (Å²) in [5.74, 6) is -0.0559. The molecule has 110 valence electrons. The van der Waals surface area contributed by atoms with Crippen molar-refractivity contribution < 1.29 is 4.79 Å². The molecular weight excluding hydrogens is 294 g/mol. The summed E-state index contributed by atoms with van der Waals surface area (Å²) in [7, 11) is 0. The number of aryl methyl sites for hydroxylation is 2. The second-order valence-electron chi connectivity index (χ2n) is 5.58. The maximum Gasteiger partial charge on any atom is 0.267 e. The number of thioether (sulfide) groups is 1. The Bertz CT molecular complexity index is 816. The lowest BCUT2D eigenvalue weighted by molar-refractivity contribution is -0.118. The number of carbonyl (C=O) groups excluding carboxylic acids is 1. The van der Waals surface area contributed by atoms with Crippen LogP contribution in [-0.2, 0) is 9.67 Å². The number of benzene rings is 2. The second-order valence-corrected chi connectivity index (χ2v) is 6.78. The lowest BCUT2D eigenvalue weighted by atomic mass is 9.99. The van der Waals surface area contributed by atoms with Gasteiger partial charge in [-0.3, -0.25) is 10.2 Å². The molecule has 4 rings (SSSR count). The number of rotatable bonds is 1. The quantitative estimate of drug-likeness (QED) is 0.851. The van der Waals surface area contributed by atoms with Gasteiger partial charge in [0.15, 0.2) is 0 Å². The molecule has 2 aromatic rings. The van der Waals surface area contributed by atoms with Crippen molar-refractivity contribution >= 4 is 28.4 Å². The average Bonchev–Trinajstić information content (AvgIpc) is 3.09. The fourth-order valence-electron chi connectivity index (χ4n) is 2.97. The molecular formula is C17H15N3OS. The van der Waals surface area contributed by atoms with Crippen LogP contribution in [0.15, 0.2) is 47.6 Å². The topological polar surface area (TPSA) is 53.5 Å². The molecule has 2 N–H and O–H groups in total. The zero-order valence-electron chi connectivity index (χ0n) is 12.3. The van der Waals surface area contributed by atoms with Crippen LogP contribution in [0.3, 0.4) is 0 Å². The Balaban J connectivity index is 1.80. The number of amides is 1. The third kappa shape index (κ3) is 1.72. The molecule has 0 radical (unpaired) electrons. The maximum atomic E-state index is 12.7. The van der Waals surface area contributed by atoms with Gasteiger partial charge in [0.05, 0.1) is 5.69 Å². The Hall–Kier alpha value is -2.27. The monoisotopic (exact) mass is 309 g/mol. The molecule has 0 saturated carbocycles. The lowest BCUT2D eigenvalue weighted by Gasteiger charge is -2.21. The molecule has 0 fully saturated rings.